The molecule has 0 aromatic carbocycles. The summed E-state index contributed by atoms with van der Waals surface area (Å²) in [6.45, 7) is 5.23. The van der Waals surface area contributed by atoms with Gasteiger partial charge in [-0.05, 0) is 50.8 Å². The van der Waals surface area contributed by atoms with Gasteiger partial charge in [0.1, 0.15) is 5.82 Å². The van der Waals surface area contributed by atoms with Crippen LogP contribution in [0, 0.1) is 6.92 Å². The summed E-state index contributed by atoms with van der Waals surface area (Å²) in [4.78, 5) is 11.7. The molecule has 5 nitrogen and oxygen atoms in total. The van der Waals surface area contributed by atoms with E-state index in [2.05, 4.69) is 26.1 Å². The number of aryl methyl sites for hydroxylation is 2. The predicted octanol–water partition coefficient (Wildman–Crippen LogP) is 1.99. The number of H-pyrrole nitrogens is 1. The Labute approximate surface area is 124 Å². The molecule has 0 saturated carbocycles. The third-order valence-corrected chi connectivity index (χ3v) is 4.97. The molecule has 1 aliphatic heterocycles. The van der Waals surface area contributed by atoms with Crippen LogP contribution in [0.15, 0.2) is 18.5 Å². The van der Waals surface area contributed by atoms with Crippen molar-refractivity contribution in [3.63, 3.8) is 0 Å². The smallest absolute Gasteiger partial charge is 0.125 e. The lowest BCUT2D eigenvalue weighted by atomic mass is 9.77. The average molecular weight is 283 g/mol. The van der Waals surface area contributed by atoms with Crippen molar-refractivity contribution >= 4 is 0 Å². The second-order valence-electron chi connectivity index (χ2n) is 6.47. The number of nitrogens with one attached hydrogen (secondary N) is 1. The molecule has 4 rings (SSSR count). The lowest BCUT2D eigenvalue weighted by Gasteiger charge is -2.40. The molecule has 1 spiro atoms. The fourth-order valence-electron chi connectivity index (χ4n) is 4.00. The third-order valence-electron chi connectivity index (χ3n) is 4.97. The van der Waals surface area contributed by atoms with Gasteiger partial charge in [0.2, 0.25) is 0 Å². The zero-order chi connectivity index (χ0) is 14.3. The van der Waals surface area contributed by atoms with Gasteiger partial charge in [-0.2, -0.15) is 5.10 Å². The van der Waals surface area contributed by atoms with Crippen molar-refractivity contribution in [1.82, 2.24) is 25.1 Å². The number of rotatable bonds is 2. The summed E-state index contributed by atoms with van der Waals surface area (Å²) < 4.78 is 0. The summed E-state index contributed by atoms with van der Waals surface area (Å²) in [5.74, 6) is 0.903. The molecule has 1 saturated heterocycles. The number of likely N-dealkylation sites (tertiary alicyclic amines) is 1. The van der Waals surface area contributed by atoms with Crippen molar-refractivity contribution < 1.29 is 0 Å². The Bertz CT molecular complexity index is 632. The first kappa shape index (κ1) is 13.0. The van der Waals surface area contributed by atoms with Gasteiger partial charge in [0.25, 0.3) is 0 Å². The molecule has 110 valence electrons. The van der Waals surface area contributed by atoms with Gasteiger partial charge in [0.05, 0.1) is 5.69 Å². The summed E-state index contributed by atoms with van der Waals surface area (Å²) in [7, 11) is 0. The van der Waals surface area contributed by atoms with E-state index in [9.17, 15) is 0 Å². The van der Waals surface area contributed by atoms with Crippen LogP contribution in [-0.4, -0.2) is 38.2 Å². The monoisotopic (exact) mass is 283 g/mol. The summed E-state index contributed by atoms with van der Waals surface area (Å²) in [6.07, 6.45) is 8.73. The SMILES string of the molecule is Cc1ncc2c(n1)C1(CCCN(Cc3ccn[nH]3)C1)CC2. The molecule has 5 heteroatoms. The second kappa shape index (κ2) is 4.91. The van der Waals surface area contributed by atoms with Crippen LogP contribution in [0.3, 0.4) is 0 Å². The van der Waals surface area contributed by atoms with Crippen LogP contribution in [0.25, 0.3) is 0 Å². The molecule has 21 heavy (non-hydrogen) atoms. The maximum Gasteiger partial charge on any atom is 0.125 e. The number of aromatic nitrogens is 4. The molecule has 2 aromatic rings. The minimum atomic E-state index is 0.251. The van der Waals surface area contributed by atoms with Gasteiger partial charge in [-0.3, -0.25) is 10.00 Å². The quantitative estimate of drug-likeness (QED) is 0.915. The number of hydrogen-bond acceptors (Lipinski definition) is 4. The van der Waals surface area contributed by atoms with E-state index in [0.29, 0.717) is 0 Å². The van der Waals surface area contributed by atoms with Gasteiger partial charge in [-0.25, -0.2) is 9.97 Å². The summed E-state index contributed by atoms with van der Waals surface area (Å²) >= 11 is 0. The second-order valence-corrected chi connectivity index (χ2v) is 6.47. The largest absolute Gasteiger partial charge is 0.297 e. The fourth-order valence-corrected chi connectivity index (χ4v) is 4.00. The van der Waals surface area contributed by atoms with Crippen molar-refractivity contribution in [2.75, 3.05) is 13.1 Å². The zero-order valence-corrected chi connectivity index (χ0v) is 12.5. The molecule has 1 N–H and O–H groups in total. The average Bonchev–Trinajstić information content (AvgIpc) is 3.09. The molecule has 3 heterocycles. The highest BCUT2D eigenvalue weighted by atomic mass is 15.2. The van der Waals surface area contributed by atoms with Gasteiger partial charge in [0.15, 0.2) is 0 Å². The van der Waals surface area contributed by atoms with E-state index in [1.807, 2.05) is 19.3 Å². The first-order valence-electron chi connectivity index (χ1n) is 7.79. The standard InChI is InChI=1S/C16H21N5/c1-12-17-9-13-3-6-16(15(13)19-12)5-2-8-21(11-16)10-14-4-7-18-20-14/h4,7,9H,2-3,5-6,8,10-11H2,1H3,(H,18,20). The third kappa shape index (κ3) is 2.25. The van der Waals surface area contributed by atoms with Crippen LogP contribution in [0.5, 0.6) is 0 Å². The number of piperidine rings is 1. The van der Waals surface area contributed by atoms with E-state index in [-0.39, 0.29) is 5.41 Å². The van der Waals surface area contributed by atoms with Gasteiger partial charge >= 0.3 is 0 Å². The van der Waals surface area contributed by atoms with E-state index in [1.54, 1.807) is 0 Å². The van der Waals surface area contributed by atoms with Crippen molar-refractivity contribution in [3.05, 3.63) is 41.2 Å². The fraction of sp³-hybridized carbons (Fsp3) is 0.562. The molecule has 2 aliphatic rings. The van der Waals surface area contributed by atoms with Gasteiger partial charge in [0, 0.05) is 36.6 Å². The maximum atomic E-state index is 4.80. The summed E-state index contributed by atoms with van der Waals surface area (Å²) in [5.41, 5.74) is 4.14. The van der Waals surface area contributed by atoms with Gasteiger partial charge in [-0.15, -0.1) is 0 Å². The van der Waals surface area contributed by atoms with E-state index in [1.165, 1.54) is 42.8 Å². The lowest BCUT2D eigenvalue weighted by molar-refractivity contribution is 0.135. The molecular formula is C16H21N5. The molecular weight excluding hydrogens is 262 g/mol. The number of hydrogen-bond donors (Lipinski definition) is 1. The van der Waals surface area contributed by atoms with E-state index >= 15 is 0 Å². The Kier molecular flexibility index (Phi) is 3.03. The Morgan fingerprint density at radius 2 is 2.33 bits per heavy atom. The summed E-state index contributed by atoms with van der Waals surface area (Å²) in [6, 6.07) is 2.07. The van der Waals surface area contributed by atoms with Crippen molar-refractivity contribution in [1.29, 1.82) is 0 Å². The molecule has 1 fully saturated rings. The topological polar surface area (TPSA) is 57.7 Å². The van der Waals surface area contributed by atoms with Crippen molar-refractivity contribution in [3.8, 4) is 0 Å². The first-order chi connectivity index (χ1) is 10.3. The Hall–Kier alpha value is -1.75. The minimum Gasteiger partial charge on any atom is -0.297 e. The van der Waals surface area contributed by atoms with Crippen LogP contribution in [0.4, 0.5) is 0 Å². The zero-order valence-electron chi connectivity index (χ0n) is 12.5. The van der Waals surface area contributed by atoms with Crippen LogP contribution in [-0.2, 0) is 18.4 Å². The van der Waals surface area contributed by atoms with E-state index in [4.69, 9.17) is 4.98 Å². The van der Waals surface area contributed by atoms with Crippen molar-refractivity contribution in [2.24, 2.45) is 0 Å². The molecule has 1 atom stereocenters. The number of aromatic amines is 1. The molecule has 0 amide bonds. The van der Waals surface area contributed by atoms with Crippen LogP contribution in [0.2, 0.25) is 0 Å². The Morgan fingerprint density at radius 1 is 1.38 bits per heavy atom. The van der Waals surface area contributed by atoms with Gasteiger partial charge < -0.3 is 0 Å². The van der Waals surface area contributed by atoms with E-state index < -0.39 is 0 Å². The van der Waals surface area contributed by atoms with Crippen LogP contribution in [0.1, 0.15) is 42.0 Å². The van der Waals surface area contributed by atoms with Crippen LogP contribution >= 0.6 is 0 Å². The molecule has 1 aliphatic carbocycles. The number of fused-ring (bicyclic) bond motifs is 2. The first-order valence-corrected chi connectivity index (χ1v) is 7.79. The van der Waals surface area contributed by atoms with Crippen LogP contribution < -0.4 is 0 Å². The Balaban J connectivity index is 1.60. The highest BCUT2D eigenvalue weighted by molar-refractivity contribution is 5.33. The molecule has 0 bridgehead atoms. The normalized spacial score (nSPS) is 25.4. The molecule has 0 radical (unpaired) electrons. The molecule has 1 unspecified atom stereocenters. The summed E-state index contributed by atoms with van der Waals surface area (Å²) in [5, 5.41) is 7.13. The highest BCUT2D eigenvalue weighted by Crippen LogP contribution is 2.43. The Morgan fingerprint density at radius 3 is 3.19 bits per heavy atom. The van der Waals surface area contributed by atoms with Gasteiger partial charge in [-0.1, -0.05) is 0 Å². The minimum absolute atomic E-state index is 0.251. The van der Waals surface area contributed by atoms with E-state index in [0.717, 1.165) is 25.3 Å². The molecule has 2 aromatic heterocycles. The number of nitrogens with zero attached hydrogens (tertiary/aromatic N) is 4. The van der Waals surface area contributed by atoms with Crippen molar-refractivity contribution in [2.45, 2.75) is 44.6 Å². The lowest BCUT2D eigenvalue weighted by Crippen LogP contribution is -2.45. The highest BCUT2D eigenvalue weighted by Gasteiger charge is 2.43. The predicted molar refractivity (Wildman–Crippen MR) is 79.9 cm³/mol. The maximum absolute atomic E-state index is 4.80.